The molecular formula is C29H44N2O8S. The molecule has 6 aliphatic rings. The molecule has 4 N–H and O–H groups in total. The first-order chi connectivity index (χ1) is 18.8. The Hall–Kier alpha value is -1.76. The lowest BCUT2D eigenvalue weighted by Gasteiger charge is -2.57. The molecule has 1 aromatic carbocycles. The normalized spacial score (nSPS) is 36.4. The highest BCUT2D eigenvalue weighted by Gasteiger charge is 2.66. The summed E-state index contributed by atoms with van der Waals surface area (Å²) >= 11 is 0. The van der Waals surface area contributed by atoms with Gasteiger partial charge in [0.05, 0.1) is 11.5 Å². The number of hydrogen-bond acceptors (Lipinski definition) is 8. The summed E-state index contributed by atoms with van der Waals surface area (Å²) in [5.41, 5.74) is 6.39. The summed E-state index contributed by atoms with van der Waals surface area (Å²) < 4.78 is 41.7. The van der Waals surface area contributed by atoms with Gasteiger partial charge in [-0.1, -0.05) is 17.7 Å². The van der Waals surface area contributed by atoms with Crippen molar-refractivity contribution in [2.75, 3.05) is 13.2 Å². The van der Waals surface area contributed by atoms with Gasteiger partial charge in [-0.05, 0) is 95.6 Å². The van der Waals surface area contributed by atoms with Crippen LogP contribution in [0.2, 0.25) is 0 Å². The lowest BCUT2D eigenvalue weighted by atomic mass is 9.53. The Morgan fingerprint density at radius 1 is 1.05 bits per heavy atom. The number of nitrogens with one attached hydrogen (secondary N) is 1. The standard InChI is InChI=1S/C22H36N2O5.C7H8O3S/c1-20(2,23)13-24-19(25)26-12-14-3-5-21(6-4-14)27-22(29-28-21)17-8-15-7-16(10-17)11-18(22)9-15;1-6-2-4-7(5-3-6)11(8,9)10/h14-18H,3-13,23H2,1-2H3,(H,24,25);2-5H,1H3,(H,8,9,10). The molecule has 4 bridgehead atoms. The first kappa shape index (κ1) is 29.7. The molecule has 10 nitrogen and oxygen atoms in total. The predicted molar refractivity (Wildman–Crippen MR) is 146 cm³/mol. The number of amides is 1. The van der Waals surface area contributed by atoms with Crippen molar-refractivity contribution in [1.29, 1.82) is 0 Å². The van der Waals surface area contributed by atoms with Crippen molar-refractivity contribution in [2.24, 2.45) is 35.3 Å². The first-order valence-corrected chi connectivity index (χ1v) is 16.0. The van der Waals surface area contributed by atoms with Crippen LogP contribution < -0.4 is 11.1 Å². The summed E-state index contributed by atoms with van der Waals surface area (Å²) in [6.07, 6.45) is 9.37. The molecule has 1 aromatic rings. The summed E-state index contributed by atoms with van der Waals surface area (Å²) in [4.78, 5) is 23.8. The molecule has 1 saturated heterocycles. The van der Waals surface area contributed by atoms with Gasteiger partial charge < -0.3 is 20.5 Å². The Balaban J connectivity index is 0.000000248. The van der Waals surface area contributed by atoms with Crippen molar-refractivity contribution in [1.82, 2.24) is 5.32 Å². The molecule has 40 heavy (non-hydrogen) atoms. The molecule has 1 aliphatic heterocycles. The third kappa shape index (κ3) is 6.65. The van der Waals surface area contributed by atoms with Gasteiger partial charge in [-0.25, -0.2) is 4.79 Å². The summed E-state index contributed by atoms with van der Waals surface area (Å²) in [6.45, 7) is 6.40. The average molecular weight is 581 g/mol. The molecule has 6 fully saturated rings. The molecule has 0 atom stereocenters. The summed E-state index contributed by atoms with van der Waals surface area (Å²) in [7, 11) is -4.02. The van der Waals surface area contributed by atoms with Crippen LogP contribution in [0.25, 0.3) is 0 Å². The second kappa shape index (κ2) is 11.1. The van der Waals surface area contributed by atoms with E-state index in [9.17, 15) is 13.2 Å². The molecule has 2 spiro atoms. The zero-order valence-corrected chi connectivity index (χ0v) is 24.6. The monoisotopic (exact) mass is 580 g/mol. The Kier molecular flexibility index (Phi) is 8.28. The lowest BCUT2D eigenvalue weighted by molar-refractivity contribution is -0.390. The second-order valence-corrected chi connectivity index (χ2v) is 14.8. The predicted octanol–water partition coefficient (Wildman–Crippen LogP) is 4.71. The molecule has 5 aliphatic carbocycles. The van der Waals surface area contributed by atoms with Crippen molar-refractivity contribution in [3.05, 3.63) is 29.8 Å². The van der Waals surface area contributed by atoms with Crippen molar-refractivity contribution in [3.63, 3.8) is 0 Å². The summed E-state index contributed by atoms with van der Waals surface area (Å²) in [5.74, 6) is 1.97. The van der Waals surface area contributed by atoms with E-state index in [4.69, 9.17) is 29.5 Å². The number of alkyl carbamates (subject to hydrolysis) is 1. The van der Waals surface area contributed by atoms with Crippen LogP contribution in [0.15, 0.2) is 29.2 Å². The van der Waals surface area contributed by atoms with Crippen LogP contribution in [-0.4, -0.2) is 49.3 Å². The van der Waals surface area contributed by atoms with E-state index in [2.05, 4.69) is 5.32 Å². The molecule has 1 amide bonds. The van der Waals surface area contributed by atoms with Crippen molar-refractivity contribution in [3.8, 4) is 0 Å². The zero-order valence-electron chi connectivity index (χ0n) is 23.8. The fraction of sp³-hybridized carbons (Fsp3) is 0.759. The molecule has 0 aromatic heterocycles. The molecule has 1 heterocycles. The van der Waals surface area contributed by atoms with Crippen molar-refractivity contribution in [2.45, 2.75) is 101 Å². The molecule has 5 saturated carbocycles. The van der Waals surface area contributed by atoms with E-state index in [1.807, 2.05) is 20.8 Å². The average Bonchev–Trinajstić information content (AvgIpc) is 3.25. The largest absolute Gasteiger partial charge is 0.449 e. The fourth-order valence-corrected chi connectivity index (χ4v) is 7.81. The number of rotatable bonds is 5. The van der Waals surface area contributed by atoms with E-state index in [-0.39, 0.29) is 4.90 Å². The van der Waals surface area contributed by atoms with Crippen LogP contribution in [-0.2, 0) is 29.4 Å². The van der Waals surface area contributed by atoms with Crippen LogP contribution >= 0.6 is 0 Å². The number of hydrogen-bond donors (Lipinski definition) is 3. The second-order valence-electron chi connectivity index (χ2n) is 13.4. The van der Waals surface area contributed by atoms with Gasteiger partial charge in [0.1, 0.15) is 0 Å². The van der Waals surface area contributed by atoms with Gasteiger partial charge in [0.2, 0.25) is 11.6 Å². The topological polar surface area (TPSA) is 146 Å². The number of benzene rings is 1. The minimum absolute atomic E-state index is 0.0666. The number of nitrogens with two attached hydrogens (primary N) is 1. The Morgan fingerprint density at radius 3 is 2.15 bits per heavy atom. The van der Waals surface area contributed by atoms with Gasteiger partial charge >= 0.3 is 6.09 Å². The van der Waals surface area contributed by atoms with Gasteiger partial charge in [-0.3, -0.25) is 4.55 Å². The third-order valence-electron chi connectivity index (χ3n) is 9.27. The zero-order chi connectivity index (χ0) is 28.8. The molecular weight excluding hydrogens is 536 g/mol. The quantitative estimate of drug-likeness (QED) is 0.333. The summed E-state index contributed by atoms with van der Waals surface area (Å²) in [6, 6.07) is 5.99. The van der Waals surface area contributed by atoms with E-state index in [0.717, 1.165) is 43.1 Å². The van der Waals surface area contributed by atoms with E-state index in [1.54, 1.807) is 12.1 Å². The van der Waals surface area contributed by atoms with Crippen LogP contribution in [0.1, 0.15) is 77.2 Å². The molecule has 0 radical (unpaired) electrons. The molecule has 0 unspecified atom stereocenters. The van der Waals surface area contributed by atoms with E-state index >= 15 is 0 Å². The minimum atomic E-state index is -4.02. The highest BCUT2D eigenvalue weighted by atomic mass is 32.2. The number of carbonyl (C=O) groups excluding carboxylic acids is 1. The number of aryl methyl sites for hydroxylation is 1. The smallest absolute Gasteiger partial charge is 0.407 e. The molecule has 11 heteroatoms. The van der Waals surface area contributed by atoms with Gasteiger partial charge in [0.15, 0.2) is 0 Å². The van der Waals surface area contributed by atoms with Crippen LogP contribution in [0, 0.1) is 36.5 Å². The first-order valence-electron chi connectivity index (χ1n) is 14.6. The van der Waals surface area contributed by atoms with Gasteiger partial charge in [0.25, 0.3) is 10.1 Å². The van der Waals surface area contributed by atoms with E-state index < -0.39 is 33.3 Å². The number of carbonyl (C=O) groups is 1. The van der Waals surface area contributed by atoms with Gasteiger partial charge in [0, 0.05) is 36.8 Å². The number of ether oxygens (including phenoxy) is 2. The van der Waals surface area contributed by atoms with Gasteiger partial charge in [-0.15, -0.1) is 0 Å². The van der Waals surface area contributed by atoms with E-state index in [0.29, 0.717) is 30.9 Å². The maximum absolute atomic E-state index is 11.9. The Morgan fingerprint density at radius 2 is 1.62 bits per heavy atom. The Labute approximate surface area is 237 Å². The van der Waals surface area contributed by atoms with Crippen molar-refractivity contribution < 1.29 is 37.0 Å². The maximum atomic E-state index is 11.9. The van der Waals surface area contributed by atoms with Gasteiger partial charge in [-0.2, -0.15) is 18.2 Å². The minimum Gasteiger partial charge on any atom is -0.449 e. The maximum Gasteiger partial charge on any atom is 0.407 e. The third-order valence-corrected chi connectivity index (χ3v) is 10.1. The van der Waals surface area contributed by atoms with Crippen LogP contribution in [0.5, 0.6) is 0 Å². The molecule has 224 valence electrons. The van der Waals surface area contributed by atoms with Crippen molar-refractivity contribution >= 4 is 16.2 Å². The van der Waals surface area contributed by atoms with E-state index in [1.165, 1.54) is 44.2 Å². The van der Waals surface area contributed by atoms with Crippen LogP contribution in [0.4, 0.5) is 4.79 Å². The molecule has 7 rings (SSSR count). The highest BCUT2D eigenvalue weighted by Crippen LogP contribution is 2.63. The lowest BCUT2D eigenvalue weighted by Crippen LogP contribution is -2.59. The summed E-state index contributed by atoms with van der Waals surface area (Å²) in [5, 5.41) is 2.72. The highest BCUT2D eigenvalue weighted by molar-refractivity contribution is 7.85. The fourth-order valence-electron chi connectivity index (χ4n) is 7.33. The Bertz CT molecular complexity index is 1130. The SMILES string of the molecule is CC(C)(N)CNC(=O)OCC1CCC2(CC1)OOC1(O2)C2CC3CC(C2)CC1C3.Cc1ccc(S(=O)(=O)O)cc1. The van der Waals surface area contributed by atoms with Crippen LogP contribution in [0.3, 0.4) is 0 Å².